The molecule has 4 rings (SSSR count). The summed E-state index contributed by atoms with van der Waals surface area (Å²) in [5.41, 5.74) is 25.4. The van der Waals surface area contributed by atoms with Gasteiger partial charge in [-0.25, -0.2) is 24.7 Å². The van der Waals surface area contributed by atoms with E-state index < -0.39 is 11.6 Å². The molecule has 356 valence electrons. The van der Waals surface area contributed by atoms with Crippen LogP contribution in [0.1, 0.15) is 96.3 Å². The van der Waals surface area contributed by atoms with E-state index in [1.165, 1.54) is 11.1 Å². The number of Topliss-reactive ketones (excluding diaryl/α,β-unsaturated/α-hetero) is 2. The molecule has 0 aliphatic carbocycles. The van der Waals surface area contributed by atoms with Gasteiger partial charge in [-0.1, -0.05) is 60.3 Å². The number of nitrogens with zero attached hydrogens (tertiary/aromatic N) is 4. The van der Waals surface area contributed by atoms with Crippen LogP contribution in [-0.4, -0.2) is 102 Å². The number of nitrogen functional groups attached to an aromatic ring is 4. The minimum Gasteiger partial charge on any atom is -0.491 e. The van der Waals surface area contributed by atoms with Crippen molar-refractivity contribution < 1.29 is 33.3 Å². The van der Waals surface area contributed by atoms with Crippen LogP contribution >= 0.6 is 23.2 Å². The van der Waals surface area contributed by atoms with Gasteiger partial charge in [0, 0.05) is 24.5 Å². The second kappa shape index (κ2) is 28.7. The smallest absolute Gasteiger partial charge is 0.314 e. The van der Waals surface area contributed by atoms with Gasteiger partial charge >= 0.3 is 6.03 Å². The van der Waals surface area contributed by atoms with Gasteiger partial charge in [0.15, 0.2) is 56.5 Å². The molecule has 0 fully saturated rings. The highest BCUT2D eigenvalue weighted by Gasteiger charge is 2.19. The number of ether oxygens (including phenoxy) is 4. The van der Waals surface area contributed by atoms with Gasteiger partial charge < -0.3 is 63.3 Å². The Morgan fingerprint density at radius 1 is 0.515 bits per heavy atom. The third-order valence-corrected chi connectivity index (χ3v) is 10.4. The summed E-state index contributed by atoms with van der Waals surface area (Å²) in [6.07, 6.45) is 7.90. The van der Waals surface area contributed by atoms with Gasteiger partial charge in [-0.3, -0.25) is 9.59 Å². The number of ketones is 2. The number of carbonyl (C=O) groups is 3. The lowest BCUT2D eigenvalue weighted by atomic mass is 10.0. The van der Waals surface area contributed by atoms with E-state index in [1.807, 2.05) is 48.5 Å². The third-order valence-electron chi connectivity index (χ3n) is 9.88. The topological polar surface area (TPSA) is 316 Å². The number of hydrogen-bond donors (Lipinski definition) is 8. The van der Waals surface area contributed by atoms with E-state index in [0.717, 1.165) is 62.9 Å². The maximum absolute atomic E-state index is 12.5. The first-order valence-electron chi connectivity index (χ1n) is 21.8. The Morgan fingerprint density at radius 3 is 1.30 bits per heavy atom. The highest BCUT2D eigenvalue weighted by Crippen LogP contribution is 2.21. The highest BCUT2D eigenvalue weighted by molar-refractivity contribution is 6.32. The SMILES string of the molecule is N=C(CCCCCc1ccc(OCCOCCNC(=O)NCCOCCOc2ccc(CCCCCC(=N)CC(=O)c3nc(Cl)c(N)nc3N)cc2)cc1)CC(=O)c1nc(Cl)c(N)nc1N. The number of aryl methyl sites for hydroxylation is 2. The van der Waals surface area contributed by atoms with E-state index in [4.69, 9.17) is 75.9 Å². The molecule has 2 amide bonds. The highest BCUT2D eigenvalue weighted by atomic mass is 35.5. The first kappa shape index (κ1) is 52.5. The molecule has 12 N–H and O–H groups in total. The van der Waals surface area contributed by atoms with Crippen LogP contribution < -0.4 is 43.0 Å². The number of halogens is 2. The summed E-state index contributed by atoms with van der Waals surface area (Å²) in [6.45, 7) is 2.88. The lowest BCUT2D eigenvalue weighted by Gasteiger charge is -2.10. The van der Waals surface area contributed by atoms with Gasteiger partial charge in [-0.05, 0) is 86.8 Å². The molecule has 66 heavy (non-hydrogen) atoms. The van der Waals surface area contributed by atoms with Crippen LogP contribution in [0.2, 0.25) is 10.3 Å². The lowest BCUT2D eigenvalue weighted by Crippen LogP contribution is -2.39. The summed E-state index contributed by atoms with van der Waals surface area (Å²) in [4.78, 5) is 52.5. The van der Waals surface area contributed by atoms with Gasteiger partial charge in [0.05, 0.1) is 39.3 Å². The van der Waals surface area contributed by atoms with Crippen LogP contribution in [0, 0.1) is 10.8 Å². The minimum atomic E-state index is -0.406. The van der Waals surface area contributed by atoms with Crippen molar-refractivity contribution in [1.29, 1.82) is 10.8 Å². The number of urea groups is 1. The molecule has 0 aliphatic heterocycles. The molecule has 0 unspecified atom stereocenters. The number of rotatable bonds is 32. The Balaban J connectivity index is 0.908. The van der Waals surface area contributed by atoms with Gasteiger partial charge in [-0.15, -0.1) is 0 Å². The molecule has 0 atom stereocenters. The Labute approximate surface area is 394 Å². The number of anilines is 4. The third kappa shape index (κ3) is 19.5. The van der Waals surface area contributed by atoms with E-state index in [2.05, 4.69) is 30.6 Å². The maximum Gasteiger partial charge on any atom is 0.314 e. The van der Waals surface area contributed by atoms with Gasteiger partial charge in [0.1, 0.15) is 24.7 Å². The molecule has 2 aromatic heterocycles. The summed E-state index contributed by atoms with van der Waals surface area (Å²) < 4.78 is 22.7. The van der Waals surface area contributed by atoms with E-state index in [-0.39, 0.29) is 63.8 Å². The van der Waals surface area contributed by atoms with Crippen molar-refractivity contribution in [3.63, 3.8) is 0 Å². The first-order valence-corrected chi connectivity index (χ1v) is 22.5. The number of hydrogen-bond acceptors (Lipinski definition) is 17. The average Bonchev–Trinajstić information content (AvgIpc) is 3.28. The monoisotopic (exact) mass is 950 g/mol. The molecule has 0 aliphatic rings. The van der Waals surface area contributed by atoms with Crippen molar-refractivity contribution in [3.05, 3.63) is 81.4 Å². The van der Waals surface area contributed by atoms with Crippen molar-refractivity contribution >= 4 is 75.5 Å². The average molecular weight is 952 g/mol. The molecule has 2 aromatic carbocycles. The molecule has 21 heteroatoms. The first-order chi connectivity index (χ1) is 31.8. The fourth-order valence-electron chi connectivity index (χ4n) is 6.40. The van der Waals surface area contributed by atoms with Crippen LogP contribution in [-0.2, 0) is 22.3 Å². The molecule has 2 heterocycles. The Hall–Kier alpha value is -6.15. The van der Waals surface area contributed by atoms with Crippen molar-refractivity contribution in [2.45, 2.75) is 77.0 Å². The van der Waals surface area contributed by atoms with Crippen molar-refractivity contribution in [1.82, 2.24) is 30.6 Å². The van der Waals surface area contributed by atoms with Crippen molar-refractivity contribution in [3.8, 4) is 11.5 Å². The zero-order valence-corrected chi connectivity index (χ0v) is 38.5. The number of aromatic nitrogens is 4. The summed E-state index contributed by atoms with van der Waals surface area (Å²) in [5.74, 6) is 0.403. The zero-order chi connectivity index (χ0) is 47.7. The molecule has 0 saturated heterocycles. The van der Waals surface area contributed by atoms with Crippen molar-refractivity contribution in [2.24, 2.45) is 0 Å². The largest absolute Gasteiger partial charge is 0.491 e. The van der Waals surface area contributed by atoms with Crippen LogP contribution in [0.4, 0.5) is 28.1 Å². The minimum absolute atomic E-state index is 0.0424. The quantitative estimate of drug-likeness (QED) is 0.0147. The molecule has 0 spiro atoms. The normalized spacial score (nSPS) is 10.9. The van der Waals surface area contributed by atoms with Crippen LogP contribution in [0.25, 0.3) is 0 Å². The van der Waals surface area contributed by atoms with Gasteiger partial charge in [0.2, 0.25) is 0 Å². The number of amides is 2. The van der Waals surface area contributed by atoms with Crippen LogP contribution in [0.3, 0.4) is 0 Å². The number of carbonyl (C=O) groups excluding carboxylic acids is 3. The summed E-state index contributed by atoms with van der Waals surface area (Å²) in [6, 6.07) is 15.5. The molecule has 4 aromatic rings. The van der Waals surface area contributed by atoms with Crippen LogP contribution in [0.15, 0.2) is 48.5 Å². The Bertz CT molecular complexity index is 2060. The number of unbranched alkanes of at least 4 members (excludes halogenated alkanes) is 4. The van der Waals surface area contributed by atoms with Crippen LogP contribution in [0.5, 0.6) is 11.5 Å². The lowest BCUT2D eigenvalue weighted by molar-refractivity contribution is 0.0987. The van der Waals surface area contributed by atoms with Gasteiger partial charge in [-0.2, -0.15) is 0 Å². The summed E-state index contributed by atoms with van der Waals surface area (Å²) in [7, 11) is 0. The Morgan fingerprint density at radius 2 is 0.909 bits per heavy atom. The van der Waals surface area contributed by atoms with E-state index in [0.29, 0.717) is 77.0 Å². The molecular formula is C45H60Cl2N12O7. The van der Waals surface area contributed by atoms with E-state index >= 15 is 0 Å². The molecule has 0 saturated carbocycles. The summed E-state index contributed by atoms with van der Waals surface area (Å²) in [5, 5.41) is 21.6. The zero-order valence-electron chi connectivity index (χ0n) is 37.0. The standard InChI is InChI=1S/C45H60Cl2N12O7/c46-39-43(52)58-41(50)37(56-39)35(60)27-31(48)9-5-1-3-7-29-11-15-33(16-12-29)65-25-23-63-21-19-54-45(62)55-20-22-64-24-26-66-34-17-13-30(14-18-34)8-4-2-6-10-32(49)28-36(61)38-42(51)59-44(53)40(47)57-38/h11-18,48-49H,1-10,19-28H2,(H4,50,52,58)(H4,51,53,59)(H2,54,55,62). The predicted octanol–water partition coefficient (Wildman–Crippen LogP) is 6.48. The fraction of sp³-hybridized carbons (Fsp3) is 0.444. The van der Waals surface area contributed by atoms with E-state index in [1.54, 1.807) is 0 Å². The number of benzene rings is 2. The second-order valence-corrected chi connectivity index (χ2v) is 15.9. The second-order valence-electron chi connectivity index (χ2n) is 15.2. The maximum atomic E-state index is 12.5. The molecule has 0 bridgehead atoms. The molecular weight excluding hydrogens is 891 g/mol. The molecule has 0 radical (unpaired) electrons. The fourth-order valence-corrected chi connectivity index (χ4v) is 6.65. The molecule has 19 nitrogen and oxygen atoms in total. The van der Waals surface area contributed by atoms with Crippen molar-refractivity contribution in [2.75, 3.05) is 75.7 Å². The van der Waals surface area contributed by atoms with E-state index in [9.17, 15) is 14.4 Å². The number of nitrogens with one attached hydrogen (secondary N) is 4. The van der Waals surface area contributed by atoms with Gasteiger partial charge in [0.25, 0.3) is 0 Å². The summed E-state index contributed by atoms with van der Waals surface area (Å²) >= 11 is 11.7. The Kier molecular flexibility index (Phi) is 22.8. The predicted molar refractivity (Wildman–Crippen MR) is 256 cm³/mol. The number of nitrogens with two attached hydrogens (primary N) is 4.